The monoisotopic (exact) mass is 249 g/mol. The van der Waals surface area contributed by atoms with Gasteiger partial charge < -0.3 is 10.1 Å². The highest BCUT2D eigenvalue weighted by Gasteiger charge is 2.00. The van der Waals surface area contributed by atoms with Crippen molar-refractivity contribution in [3.63, 3.8) is 0 Å². The summed E-state index contributed by atoms with van der Waals surface area (Å²) in [5.41, 5.74) is 2.64. The third-order valence-electron chi connectivity index (χ3n) is 3.10. The topological polar surface area (TPSA) is 21.3 Å². The molecule has 0 radical (unpaired) electrons. The Morgan fingerprint density at radius 2 is 1.67 bits per heavy atom. The van der Waals surface area contributed by atoms with Crippen LogP contribution in [-0.2, 0) is 17.8 Å². The fourth-order valence-electron chi connectivity index (χ4n) is 1.66. The summed E-state index contributed by atoms with van der Waals surface area (Å²) in [6, 6.07) is 9.32. The molecule has 0 heterocycles. The first kappa shape index (κ1) is 15.2. The summed E-state index contributed by atoms with van der Waals surface area (Å²) >= 11 is 0. The second kappa shape index (κ2) is 8.28. The van der Waals surface area contributed by atoms with E-state index < -0.39 is 0 Å². The van der Waals surface area contributed by atoms with Crippen LogP contribution >= 0.6 is 0 Å². The normalized spacial score (nSPS) is 12.9. The lowest BCUT2D eigenvalue weighted by atomic mass is 10.1. The summed E-state index contributed by atoms with van der Waals surface area (Å²) in [6.07, 6.45) is 2.50. The maximum atomic E-state index is 5.72. The summed E-state index contributed by atoms with van der Waals surface area (Å²) in [6.45, 7) is 10.4. The molecule has 0 bridgehead atoms. The van der Waals surface area contributed by atoms with Crippen molar-refractivity contribution in [1.82, 2.24) is 5.32 Å². The Balaban J connectivity index is 2.33. The van der Waals surface area contributed by atoms with Crippen LogP contribution in [0.1, 0.15) is 45.2 Å². The lowest BCUT2D eigenvalue weighted by molar-refractivity contribution is 0.0508. The highest BCUT2D eigenvalue weighted by atomic mass is 16.5. The van der Waals surface area contributed by atoms with E-state index in [2.05, 4.69) is 57.3 Å². The van der Waals surface area contributed by atoms with Crippen molar-refractivity contribution in [3.05, 3.63) is 35.4 Å². The molecule has 0 amide bonds. The molecule has 1 aromatic rings. The average Bonchev–Trinajstić information content (AvgIpc) is 2.37. The van der Waals surface area contributed by atoms with Gasteiger partial charge in [0.1, 0.15) is 0 Å². The summed E-state index contributed by atoms with van der Waals surface area (Å²) < 4.78 is 5.72. The molecule has 18 heavy (non-hydrogen) atoms. The van der Waals surface area contributed by atoms with E-state index >= 15 is 0 Å². The number of nitrogens with one attached hydrogen (secondary N) is 1. The number of hydrogen-bond acceptors (Lipinski definition) is 2. The van der Waals surface area contributed by atoms with Gasteiger partial charge in [0.05, 0.1) is 12.7 Å². The molecule has 1 rings (SSSR count). The predicted octanol–water partition coefficient (Wildman–Crippen LogP) is 3.54. The third kappa shape index (κ3) is 6.18. The minimum absolute atomic E-state index is 0.347. The lowest BCUT2D eigenvalue weighted by Crippen LogP contribution is -2.24. The van der Waals surface area contributed by atoms with E-state index in [1.54, 1.807) is 0 Å². The van der Waals surface area contributed by atoms with Gasteiger partial charge in [-0.1, -0.05) is 45.0 Å². The number of rotatable bonds is 8. The zero-order chi connectivity index (χ0) is 13.4. The summed E-state index contributed by atoms with van der Waals surface area (Å²) in [4.78, 5) is 0. The van der Waals surface area contributed by atoms with Gasteiger partial charge in [-0.05, 0) is 37.4 Å². The third-order valence-corrected chi connectivity index (χ3v) is 3.10. The second-order valence-corrected chi connectivity index (χ2v) is 5.21. The molecule has 1 unspecified atom stereocenters. The summed E-state index contributed by atoms with van der Waals surface area (Å²) in [7, 11) is 0. The number of hydrogen-bond donors (Lipinski definition) is 1. The molecule has 1 N–H and O–H groups in total. The van der Waals surface area contributed by atoms with Crippen molar-refractivity contribution in [3.8, 4) is 0 Å². The summed E-state index contributed by atoms with van der Waals surface area (Å²) in [5.74, 6) is 0. The van der Waals surface area contributed by atoms with Gasteiger partial charge in [0.25, 0.3) is 0 Å². The Labute approximate surface area is 112 Å². The zero-order valence-corrected chi connectivity index (χ0v) is 12.2. The van der Waals surface area contributed by atoms with Crippen molar-refractivity contribution in [2.45, 2.75) is 59.3 Å². The Kier molecular flexibility index (Phi) is 6.99. The van der Waals surface area contributed by atoms with Crippen molar-refractivity contribution in [1.29, 1.82) is 0 Å². The van der Waals surface area contributed by atoms with E-state index in [-0.39, 0.29) is 0 Å². The Hall–Kier alpha value is -0.860. The van der Waals surface area contributed by atoms with Crippen molar-refractivity contribution in [2.24, 2.45) is 0 Å². The van der Waals surface area contributed by atoms with Gasteiger partial charge in [-0.2, -0.15) is 0 Å². The number of ether oxygens (including phenoxy) is 1. The Bertz CT molecular complexity index is 318. The quantitative estimate of drug-likeness (QED) is 0.761. The van der Waals surface area contributed by atoms with Gasteiger partial charge in [-0.25, -0.2) is 0 Å². The molecule has 1 aromatic carbocycles. The van der Waals surface area contributed by atoms with Crippen LogP contribution in [0, 0.1) is 0 Å². The number of benzene rings is 1. The molecule has 0 aromatic heterocycles. The van der Waals surface area contributed by atoms with Crippen LogP contribution in [-0.4, -0.2) is 18.7 Å². The maximum absolute atomic E-state index is 5.72. The van der Waals surface area contributed by atoms with Crippen LogP contribution < -0.4 is 5.32 Å². The average molecular weight is 249 g/mol. The Morgan fingerprint density at radius 3 is 2.22 bits per heavy atom. The minimum atomic E-state index is 0.347. The molecule has 2 nitrogen and oxygen atoms in total. The van der Waals surface area contributed by atoms with E-state index in [4.69, 9.17) is 4.74 Å². The molecule has 0 saturated carbocycles. The molecule has 102 valence electrons. The standard InChI is InChI=1S/C16H27NO/c1-5-14(4)18-12-16-8-6-15(7-9-16)10-11-17-13(2)3/h6-9,13-14,17H,5,10-12H2,1-4H3. The van der Waals surface area contributed by atoms with Gasteiger partial charge in [-0.3, -0.25) is 0 Å². The molecular weight excluding hydrogens is 222 g/mol. The smallest absolute Gasteiger partial charge is 0.0720 e. The van der Waals surface area contributed by atoms with Gasteiger partial charge >= 0.3 is 0 Å². The van der Waals surface area contributed by atoms with Gasteiger partial charge in [0.15, 0.2) is 0 Å². The fourth-order valence-corrected chi connectivity index (χ4v) is 1.66. The molecule has 2 heteroatoms. The second-order valence-electron chi connectivity index (χ2n) is 5.21. The Morgan fingerprint density at radius 1 is 1.06 bits per heavy atom. The highest BCUT2D eigenvalue weighted by Crippen LogP contribution is 2.08. The van der Waals surface area contributed by atoms with Crippen LogP contribution in [0.5, 0.6) is 0 Å². The van der Waals surface area contributed by atoms with Crippen LogP contribution in [0.2, 0.25) is 0 Å². The van der Waals surface area contributed by atoms with Gasteiger partial charge in [0, 0.05) is 6.04 Å². The van der Waals surface area contributed by atoms with E-state index in [1.807, 2.05) is 0 Å². The van der Waals surface area contributed by atoms with Gasteiger partial charge in [0.2, 0.25) is 0 Å². The molecule has 0 spiro atoms. The first-order valence-corrected chi connectivity index (χ1v) is 7.04. The minimum Gasteiger partial charge on any atom is -0.374 e. The van der Waals surface area contributed by atoms with Crippen LogP contribution in [0.25, 0.3) is 0 Å². The van der Waals surface area contributed by atoms with Crippen LogP contribution in [0.4, 0.5) is 0 Å². The first-order valence-electron chi connectivity index (χ1n) is 7.04. The molecule has 0 saturated heterocycles. The summed E-state index contributed by atoms with van der Waals surface area (Å²) in [5, 5.41) is 3.43. The lowest BCUT2D eigenvalue weighted by Gasteiger charge is -2.11. The van der Waals surface area contributed by atoms with Crippen molar-refractivity contribution in [2.75, 3.05) is 6.54 Å². The largest absolute Gasteiger partial charge is 0.374 e. The van der Waals surface area contributed by atoms with Crippen LogP contribution in [0.3, 0.4) is 0 Å². The first-order chi connectivity index (χ1) is 8.61. The van der Waals surface area contributed by atoms with E-state index in [0.29, 0.717) is 12.1 Å². The molecule has 0 aliphatic rings. The molecule has 0 aliphatic heterocycles. The SMILES string of the molecule is CCC(C)OCc1ccc(CCNC(C)C)cc1. The fraction of sp³-hybridized carbons (Fsp3) is 0.625. The predicted molar refractivity (Wildman–Crippen MR) is 77.8 cm³/mol. The van der Waals surface area contributed by atoms with Crippen molar-refractivity contribution >= 4 is 0 Å². The maximum Gasteiger partial charge on any atom is 0.0720 e. The van der Waals surface area contributed by atoms with E-state index in [0.717, 1.165) is 26.0 Å². The van der Waals surface area contributed by atoms with Gasteiger partial charge in [-0.15, -0.1) is 0 Å². The molecule has 0 aliphatic carbocycles. The van der Waals surface area contributed by atoms with Crippen LogP contribution in [0.15, 0.2) is 24.3 Å². The highest BCUT2D eigenvalue weighted by molar-refractivity contribution is 5.22. The molecular formula is C16H27NO. The molecule has 1 atom stereocenters. The van der Waals surface area contributed by atoms with E-state index in [1.165, 1.54) is 11.1 Å². The van der Waals surface area contributed by atoms with Crippen molar-refractivity contribution < 1.29 is 4.74 Å². The van der Waals surface area contributed by atoms with E-state index in [9.17, 15) is 0 Å². The zero-order valence-electron chi connectivity index (χ0n) is 12.2. The molecule has 0 fully saturated rings.